The van der Waals surface area contributed by atoms with E-state index in [-0.39, 0.29) is 11.3 Å². The molecule has 34 heavy (non-hydrogen) atoms. The largest absolute Gasteiger partial charge is 0.390 e. The minimum Gasteiger partial charge on any atom is -0.390 e. The fraction of sp³-hybridized carbons (Fsp3) is 0.750. The van der Waals surface area contributed by atoms with Crippen molar-refractivity contribution in [2.24, 2.45) is 40.4 Å². The molecule has 4 aliphatic carbocycles. The fourth-order valence-corrected chi connectivity index (χ4v) is 9.58. The van der Waals surface area contributed by atoms with E-state index in [0.29, 0.717) is 29.6 Å². The molecule has 1 aromatic rings. The highest BCUT2D eigenvalue weighted by Crippen LogP contribution is 2.68. The molecular formula is C28H41N3O2S. The number of ketones is 1. The van der Waals surface area contributed by atoms with Crippen LogP contribution in [0, 0.1) is 40.4 Å². The molecule has 0 radical (unpaired) electrons. The van der Waals surface area contributed by atoms with Gasteiger partial charge < -0.3 is 10.5 Å². The molecule has 4 saturated carbocycles. The summed E-state index contributed by atoms with van der Waals surface area (Å²) in [5.74, 6) is 3.37. The van der Waals surface area contributed by atoms with Crippen LogP contribution in [0.2, 0.25) is 0 Å². The van der Waals surface area contributed by atoms with E-state index in [4.69, 9.17) is 0 Å². The van der Waals surface area contributed by atoms with Gasteiger partial charge in [-0.05, 0) is 117 Å². The highest BCUT2D eigenvalue weighted by atomic mass is 32.1. The standard InChI is InChI=1S/C28H41N3O2S/c1-26(33)12-13-27(2)17(15-26)4-6-19-20-7-8-22(28(20,3)11-10-21(19)27)25(32)16-31-24-14-18(34)5-9-23(24)29-30-31/h5,9,14,17,19-22,29-30,33-34H,4,6-8,10-13,15-16H2,1-3H3/t17-,19-,20-,21-,22+,26+,27-,28-/m0/s1. The summed E-state index contributed by atoms with van der Waals surface area (Å²) in [7, 11) is 0. The molecule has 6 rings (SSSR count). The van der Waals surface area contributed by atoms with Crippen LogP contribution in [0.25, 0.3) is 0 Å². The molecule has 0 aromatic heterocycles. The van der Waals surface area contributed by atoms with Crippen molar-refractivity contribution in [1.82, 2.24) is 5.53 Å². The van der Waals surface area contributed by atoms with Crippen LogP contribution in [0.1, 0.15) is 78.6 Å². The molecule has 6 heteroatoms. The zero-order valence-corrected chi connectivity index (χ0v) is 21.8. The zero-order chi connectivity index (χ0) is 23.9. The first kappa shape index (κ1) is 23.2. The van der Waals surface area contributed by atoms with E-state index < -0.39 is 5.60 Å². The predicted molar refractivity (Wildman–Crippen MR) is 139 cm³/mol. The van der Waals surface area contributed by atoms with E-state index in [1.54, 1.807) is 0 Å². The molecule has 0 amide bonds. The maximum Gasteiger partial charge on any atom is 0.157 e. The maximum absolute atomic E-state index is 13.7. The van der Waals surface area contributed by atoms with Gasteiger partial charge in [0.2, 0.25) is 0 Å². The molecule has 5 nitrogen and oxygen atoms in total. The molecule has 1 aliphatic heterocycles. The summed E-state index contributed by atoms with van der Waals surface area (Å²) >= 11 is 4.49. The van der Waals surface area contributed by atoms with Crippen LogP contribution in [0.15, 0.2) is 23.1 Å². The first-order chi connectivity index (χ1) is 16.1. The Morgan fingerprint density at radius 3 is 2.68 bits per heavy atom. The summed E-state index contributed by atoms with van der Waals surface area (Å²) in [6, 6.07) is 5.99. The molecule has 0 unspecified atom stereocenters. The Balaban J connectivity index is 1.19. The van der Waals surface area contributed by atoms with Gasteiger partial charge in [-0.3, -0.25) is 9.80 Å². The summed E-state index contributed by atoms with van der Waals surface area (Å²) in [6.45, 7) is 7.43. The number of fused-ring (bicyclic) bond motifs is 6. The lowest BCUT2D eigenvalue weighted by molar-refractivity contribution is -0.150. The molecule has 186 valence electrons. The van der Waals surface area contributed by atoms with Crippen LogP contribution >= 0.6 is 12.6 Å². The Morgan fingerprint density at radius 2 is 1.85 bits per heavy atom. The number of hydrazine groups is 2. The highest BCUT2D eigenvalue weighted by molar-refractivity contribution is 7.80. The van der Waals surface area contributed by atoms with Gasteiger partial charge in [-0.2, -0.15) is 0 Å². The third-order valence-corrected chi connectivity index (χ3v) is 11.5. The summed E-state index contributed by atoms with van der Waals surface area (Å²) in [4.78, 5) is 14.6. The van der Waals surface area contributed by atoms with E-state index >= 15 is 0 Å². The number of carbonyl (C=O) groups is 1. The van der Waals surface area contributed by atoms with E-state index in [9.17, 15) is 9.90 Å². The van der Waals surface area contributed by atoms with Gasteiger partial charge in [-0.1, -0.05) is 13.8 Å². The predicted octanol–water partition coefficient (Wildman–Crippen LogP) is 5.61. The molecule has 4 fully saturated rings. The van der Waals surface area contributed by atoms with Crippen molar-refractivity contribution in [3.63, 3.8) is 0 Å². The summed E-state index contributed by atoms with van der Waals surface area (Å²) in [5.41, 5.74) is 8.39. The third-order valence-electron chi connectivity index (χ3n) is 11.3. The highest BCUT2D eigenvalue weighted by Gasteiger charge is 2.61. The molecule has 1 heterocycles. The second-order valence-electron chi connectivity index (χ2n) is 13.0. The van der Waals surface area contributed by atoms with Crippen molar-refractivity contribution in [3.8, 4) is 0 Å². The number of aliphatic hydroxyl groups is 1. The maximum atomic E-state index is 13.7. The monoisotopic (exact) mass is 483 g/mol. The Morgan fingerprint density at radius 1 is 1.06 bits per heavy atom. The van der Waals surface area contributed by atoms with Crippen LogP contribution in [-0.2, 0) is 4.79 Å². The second kappa shape index (κ2) is 7.88. The van der Waals surface area contributed by atoms with Crippen molar-refractivity contribution in [3.05, 3.63) is 18.2 Å². The van der Waals surface area contributed by atoms with Gasteiger partial charge in [0.25, 0.3) is 0 Å². The van der Waals surface area contributed by atoms with Gasteiger partial charge in [0.15, 0.2) is 5.78 Å². The van der Waals surface area contributed by atoms with Crippen molar-refractivity contribution >= 4 is 29.8 Å². The summed E-state index contributed by atoms with van der Waals surface area (Å²) in [5, 5.41) is 12.7. The van der Waals surface area contributed by atoms with Crippen LogP contribution in [-0.4, -0.2) is 23.0 Å². The molecule has 8 atom stereocenters. The average molecular weight is 484 g/mol. The number of rotatable bonds is 3. The number of thiol groups is 1. The topological polar surface area (TPSA) is 64.6 Å². The number of hydrogen-bond acceptors (Lipinski definition) is 6. The van der Waals surface area contributed by atoms with Gasteiger partial charge >= 0.3 is 0 Å². The lowest BCUT2D eigenvalue weighted by atomic mass is 9.44. The number of anilines is 2. The van der Waals surface area contributed by atoms with Crippen molar-refractivity contribution in [2.45, 2.75) is 89.1 Å². The Kier molecular flexibility index (Phi) is 5.37. The number of carbonyl (C=O) groups excluding carboxylic acids is 1. The van der Waals surface area contributed by atoms with Crippen LogP contribution < -0.4 is 16.0 Å². The first-order valence-electron chi connectivity index (χ1n) is 13.5. The lowest BCUT2D eigenvalue weighted by Crippen LogP contribution is -2.56. The number of hydrogen-bond donors (Lipinski definition) is 4. The van der Waals surface area contributed by atoms with Crippen molar-refractivity contribution < 1.29 is 9.90 Å². The summed E-state index contributed by atoms with van der Waals surface area (Å²) in [6.07, 6.45) is 10.3. The molecule has 5 aliphatic rings. The van der Waals surface area contributed by atoms with Gasteiger partial charge in [-0.15, -0.1) is 18.2 Å². The lowest BCUT2D eigenvalue weighted by Gasteiger charge is -2.61. The molecule has 0 spiro atoms. The molecule has 0 bridgehead atoms. The Bertz CT molecular complexity index is 998. The third kappa shape index (κ3) is 3.46. The average Bonchev–Trinajstić information content (AvgIpc) is 3.34. The normalized spacial score (nSPS) is 45.1. The fourth-order valence-electron chi connectivity index (χ4n) is 9.39. The number of nitrogens with one attached hydrogen (secondary N) is 2. The van der Waals surface area contributed by atoms with E-state index in [1.165, 1.54) is 32.1 Å². The molecular weight excluding hydrogens is 442 g/mol. The van der Waals surface area contributed by atoms with E-state index in [0.717, 1.165) is 53.8 Å². The zero-order valence-electron chi connectivity index (χ0n) is 20.9. The molecule has 0 saturated heterocycles. The van der Waals surface area contributed by atoms with Gasteiger partial charge in [0.05, 0.1) is 23.5 Å². The van der Waals surface area contributed by atoms with E-state index in [2.05, 4.69) is 37.4 Å². The minimum atomic E-state index is -0.476. The Labute approximate surface area is 209 Å². The Hall–Kier alpha value is -1.24. The summed E-state index contributed by atoms with van der Waals surface area (Å²) < 4.78 is 0. The molecule has 1 aromatic carbocycles. The molecule has 3 N–H and O–H groups in total. The smallest absolute Gasteiger partial charge is 0.157 e. The number of Topliss-reactive ketones (excluding diaryl/α,β-unsaturated/α-hetero) is 1. The van der Waals surface area contributed by atoms with E-state index in [1.807, 2.05) is 30.1 Å². The number of benzene rings is 1. The van der Waals surface area contributed by atoms with Crippen molar-refractivity contribution in [2.75, 3.05) is 17.0 Å². The van der Waals surface area contributed by atoms with Crippen LogP contribution in [0.4, 0.5) is 11.4 Å². The SMILES string of the molecule is C[C@@]1(O)CC[C@@]2(C)[C@@H](CC[C@@H]3[C@@H]2CC[C@]2(C)[C@@H](C(=O)CN4NNc5ccc(S)cc54)CC[C@@H]32)C1. The second-order valence-corrected chi connectivity index (χ2v) is 13.5. The van der Waals surface area contributed by atoms with Gasteiger partial charge in [0, 0.05) is 10.8 Å². The van der Waals surface area contributed by atoms with Crippen LogP contribution in [0.5, 0.6) is 0 Å². The van der Waals surface area contributed by atoms with Gasteiger partial charge in [0.1, 0.15) is 0 Å². The minimum absolute atomic E-state index is 0.128. The van der Waals surface area contributed by atoms with Crippen LogP contribution in [0.3, 0.4) is 0 Å². The first-order valence-corrected chi connectivity index (χ1v) is 13.9. The quantitative estimate of drug-likeness (QED) is 0.421. The number of nitrogens with zero attached hydrogens (tertiary/aromatic N) is 1. The van der Waals surface area contributed by atoms with Crippen molar-refractivity contribution in [1.29, 1.82) is 0 Å². The van der Waals surface area contributed by atoms with Gasteiger partial charge in [-0.25, -0.2) is 0 Å².